The molecule has 1 spiro atoms. The van der Waals surface area contributed by atoms with Gasteiger partial charge in [0.2, 0.25) is 0 Å². The predicted octanol–water partition coefficient (Wildman–Crippen LogP) is 12.9. The number of anilines is 3. The number of fused-ring (bicyclic) bond motifs is 7. The molecule has 0 saturated heterocycles. The van der Waals surface area contributed by atoms with Crippen molar-refractivity contribution in [1.29, 1.82) is 0 Å². The quantitative estimate of drug-likeness (QED) is 0.187. The number of benzene rings is 5. The van der Waals surface area contributed by atoms with E-state index in [2.05, 4.69) is 169 Å². The first-order chi connectivity index (χ1) is 23.1. The molecular formula is C47H51N. The number of hydrogen-bond acceptors (Lipinski definition) is 1. The van der Waals surface area contributed by atoms with Crippen LogP contribution < -0.4 is 4.90 Å². The lowest BCUT2D eigenvalue weighted by Crippen LogP contribution is -2.52. The highest BCUT2D eigenvalue weighted by Crippen LogP contribution is 2.62. The topological polar surface area (TPSA) is 3.24 Å². The van der Waals surface area contributed by atoms with Crippen molar-refractivity contribution >= 4 is 17.1 Å². The Hall–Kier alpha value is -4.10. The molecule has 0 radical (unpaired) electrons. The zero-order valence-corrected chi connectivity index (χ0v) is 30.0. The lowest BCUT2D eigenvalue weighted by molar-refractivity contribution is 0.100. The monoisotopic (exact) mass is 629 g/mol. The first-order valence-corrected chi connectivity index (χ1v) is 18.4. The molecule has 1 unspecified atom stereocenters. The highest BCUT2D eigenvalue weighted by atomic mass is 15.1. The molecule has 5 aromatic carbocycles. The van der Waals surface area contributed by atoms with Gasteiger partial charge in [0.1, 0.15) is 0 Å². The summed E-state index contributed by atoms with van der Waals surface area (Å²) >= 11 is 0. The highest BCUT2D eigenvalue weighted by Gasteiger charge is 2.55. The van der Waals surface area contributed by atoms with Crippen LogP contribution in [0.15, 0.2) is 115 Å². The minimum Gasteiger partial charge on any atom is -0.310 e. The Morgan fingerprint density at radius 1 is 0.542 bits per heavy atom. The Bertz CT molecular complexity index is 2000. The number of hydrogen-bond donors (Lipinski definition) is 0. The normalized spacial score (nSPS) is 24.4. The zero-order chi connectivity index (χ0) is 33.4. The number of nitrogens with zero attached hydrogens (tertiary/aromatic N) is 1. The van der Waals surface area contributed by atoms with Gasteiger partial charge in [-0.1, -0.05) is 134 Å². The van der Waals surface area contributed by atoms with Crippen LogP contribution in [0.3, 0.4) is 0 Å². The molecule has 1 nitrogen and oxygen atoms in total. The summed E-state index contributed by atoms with van der Waals surface area (Å²) < 4.78 is 0. The lowest BCUT2D eigenvalue weighted by Gasteiger charge is -2.57. The van der Waals surface area contributed by atoms with E-state index in [9.17, 15) is 0 Å². The van der Waals surface area contributed by atoms with E-state index in [1.54, 1.807) is 11.1 Å². The van der Waals surface area contributed by atoms with Crippen molar-refractivity contribution in [3.05, 3.63) is 149 Å². The van der Waals surface area contributed by atoms with E-state index in [0.717, 1.165) is 5.92 Å². The Kier molecular flexibility index (Phi) is 7.29. The third kappa shape index (κ3) is 4.35. The fourth-order valence-corrected chi connectivity index (χ4v) is 10.7. The van der Waals surface area contributed by atoms with E-state index in [1.807, 2.05) is 0 Å². The maximum absolute atomic E-state index is 2.57. The molecule has 5 aromatic rings. The van der Waals surface area contributed by atoms with Gasteiger partial charge in [0.25, 0.3) is 0 Å². The molecule has 0 bridgehead atoms. The van der Waals surface area contributed by atoms with Crippen molar-refractivity contribution in [3.8, 4) is 11.1 Å². The number of para-hydroxylation sites is 1. The molecule has 48 heavy (non-hydrogen) atoms. The smallest absolute Gasteiger partial charge is 0.0465 e. The lowest BCUT2D eigenvalue weighted by atomic mass is 9.46. The van der Waals surface area contributed by atoms with Crippen molar-refractivity contribution in [2.75, 3.05) is 4.90 Å². The van der Waals surface area contributed by atoms with Gasteiger partial charge in [0.05, 0.1) is 0 Å². The minimum atomic E-state index is -0.114. The van der Waals surface area contributed by atoms with Gasteiger partial charge in [-0.15, -0.1) is 0 Å². The summed E-state index contributed by atoms with van der Waals surface area (Å²) in [5.41, 5.74) is 15.2. The van der Waals surface area contributed by atoms with E-state index in [1.165, 1.54) is 76.1 Å². The Balaban J connectivity index is 1.35. The Morgan fingerprint density at radius 3 is 1.83 bits per heavy atom. The molecule has 3 aliphatic carbocycles. The van der Waals surface area contributed by atoms with Crippen LogP contribution in [0.2, 0.25) is 0 Å². The third-order valence-corrected chi connectivity index (χ3v) is 12.8. The van der Waals surface area contributed by atoms with Gasteiger partial charge < -0.3 is 4.90 Å². The second kappa shape index (κ2) is 11.2. The maximum Gasteiger partial charge on any atom is 0.0465 e. The van der Waals surface area contributed by atoms with Crippen LogP contribution in [-0.4, -0.2) is 0 Å². The maximum atomic E-state index is 2.57. The van der Waals surface area contributed by atoms with Crippen molar-refractivity contribution in [3.63, 3.8) is 0 Å². The van der Waals surface area contributed by atoms with Gasteiger partial charge in [0.15, 0.2) is 0 Å². The molecule has 0 aromatic heterocycles. The molecule has 0 N–H and O–H groups in total. The van der Waals surface area contributed by atoms with Crippen LogP contribution in [0.25, 0.3) is 11.1 Å². The fourth-order valence-electron chi connectivity index (χ4n) is 10.7. The summed E-state index contributed by atoms with van der Waals surface area (Å²) in [5.74, 6) is 1.97. The van der Waals surface area contributed by atoms with Crippen LogP contribution in [0.5, 0.6) is 0 Å². The molecule has 244 valence electrons. The van der Waals surface area contributed by atoms with Gasteiger partial charge in [-0.05, 0) is 118 Å². The van der Waals surface area contributed by atoms with Gasteiger partial charge in [-0.25, -0.2) is 0 Å². The predicted molar refractivity (Wildman–Crippen MR) is 204 cm³/mol. The Morgan fingerprint density at radius 2 is 1.10 bits per heavy atom. The summed E-state index contributed by atoms with van der Waals surface area (Å²) in [7, 11) is 0. The van der Waals surface area contributed by atoms with Crippen LogP contribution in [0.4, 0.5) is 17.1 Å². The van der Waals surface area contributed by atoms with Crippen molar-refractivity contribution in [2.24, 2.45) is 17.8 Å². The summed E-state index contributed by atoms with van der Waals surface area (Å²) in [6, 6.07) is 44.2. The van der Waals surface area contributed by atoms with E-state index in [4.69, 9.17) is 0 Å². The van der Waals surface area contributed by atoms with Crippen molar-refractivity contribution in [1.82, 2.24) is 0 Å². The average molecular weight is 630 g/mol. The van der Waals surface area contributed by atoms with Crippen LogP contribution in [0.1, 0.15) is 108 Å². The minimum absolute atomic E-state index is 0.0312. The van der Waals surface area contributed by atoms with Crippen LogP contribution in [-0.2, 0) is 16.2 Å². The van der Waals surface area contributed by atoms with Crippen LogP contribution >= 0.6 is 0 Å². The third-order valence-electron chi connectivity index (χ3n) is 12.8. The molecular weight excluding hydrogens is 579 g/mol. The molecule has 4 atom stereocenters. The highest BCUT2D eigenvalue weighted by molar-refractivity contribution is 5.86. The second-order valence-corrected chi connectivity index (χ2v) is 16.3. The first kappa shape index (κ1) is 31.2. The summed E-state index contributed by atoms with van der Waals surface area (Å²) in [6.45, 7) is 17.1. The first-order valence-electron chi connectivity index (χ1n) is 18.4. The second-order valence-electron chi connectivity index (χ2n) is 16.3. The standard InChI is InChI=1S/C47H51N/c1-8-16-33-28-31(2)27-32(3)47(33)41-22-15-14-21-40(41)46(6,7)44-30-36(24-26-42(44)47)48(34-17-10-9-11-18-34)35-23-25-38-37-19-12-13-20-39(37)45(4,5)43(38)29-35/h9-15,17-26,29-33H,8,16,27-28H2,1-7H3/t31-,32+,33+,47?/m1/s1. The van der Waals surface area contributed by atoms with Crippen molar-refractivity contribution < 1.29 is 0 Å². The molecule has 0 amide bonds. The van der Waals surface area contributed by atoms with Crippen LogP contribution in [0, 0.1) is 17.8 Å². The number of rotatable bonds is 5. The molecule has 1 saturated carbocycles. The van der Waals surface area contributed by atoms with E-state index < -0.39 is 0 Å². The van der Waals surface area contributed by atoms with E-state index in [0.29, 0.717) is 11.8 Å². The summed E-state index contributed by atoms with van der Waals surface area (Å²) in [5, 5.41) is 0. The molecule has 1 fully saturated rings. The fraction of sp³-hybridized carbons (Fsp3) is 0.362. The van der Waals surface area contributed by atoms with E-state index >= 15 is 0 Å². The average Bonchev–Trinajstić information content (AvgIpc) is 3.31. The van der Waals surface area contributed by atoms with Gasteiger partial charge >= 0.3 is 0 Å². The zero-order valence-electron chi connectivity index (χ0n) is 30.0. The summed E-state index contributed by atoms with van der Waals surface area (Å²) in [4.78, 5) is 2.50. The van der Waals surface area contributed by atoms with Gasteiger partial charge in [0, 0.05) is 33.3 Å². The van der Waals surface area contributed by atoms with Crippen molar-refractivity contribution in [2.45, 2.75) is 90.4 Å². The molecule has 0 aliphatic heterocycles. The molecule has 1 heteroatoms. The largest absolute Gasteiger partial charge is 0.310 e. The molecule has 0 heterocycles. The Labute approximate surface area is 289 Å². The molecule has 3 aliphatic rings. The summed E-state index contributed by atoms with van der Waals surface area (Å²) in [6.07, 6.45) is 5.08. The van der Waals surface area contributed by atoms with E-state index in [-0.39, 0.29) is 16.2 Å². The van der Waals surface area contributed by atoms with Gasteiger partial charge in [-0.2, -0.15) is 0 Å². The van der Waals surface area contributed by atoms with Gasteiger partial charge in [-0.3, -0.25) is 0 Å². The SMILES string of the molecule is CCC[C@H]1C[C@H](C)C[C@H](C)C12c1ccccc1C(C)(C)c1cc(N(c3ccccc3)c3ccc4c(c3)C(C)(C)c3ccccc3-4)ccc12. The molecule has 8 rings (SSSR count).